The SMILES string of the molecule is CC(=O)NC(Cc1cc(F)cc(F)c1)[C@H](O)CNCc1cc(C(C)(C)C)ccn1. The molecular formula is C22H29F2N3O2. The van der Waals surface area contributed by atoms with E-state index in [0.29, 0.717) is 12.1 Å². The lowest BCUT2D eigenvalue weighted by atomic mass is 9.87. The maximum Gasteiger partial charge on any atom is 0.217 e. The van der Waals surface area contributed by atoms with Gasteiger partial charge in [-0.1, -0.05) is 20.8 Å². The van der Waals surface area contributed by atoms with Crippen LogP contribution in [-0.4, -0.2) is 34.7 Å². The first-order valence-corrected chi connectivity index (χ1v) is 9.61. The highest BCUT2D eigenvalue weighted by molar-refractivity contribution is 5.73. The Hall–Kier alpha value is -2.38. The highest BCUT2D eigenvalue weighted by atomic mass is 19.1. The Bertz CT molecular complexity index is 817. The first-order valence-electron chi connectivity index (χ1n) is 9.61. The average Bonchev–Trinajstić information content (AvgIpc) is 2.59. The maximum atomic E-state index is 13.4. The molecule has 1 aromatic heterocycles. The minimum atomic E-state index is -0.948. The standard InChI is InChI=1S/C22H29F2N3O2/c1-14(28)27-20(9-15-7-17(23)11-18(24)8-15)21(29)13-25-12-19-10-16(5-6-26-19)22(2,3)4/h5-8,10-11,20-21,25,29H,9,12-13H2,1-4H3,(H,27,28)/t20?,21-/m1/s1. The van der Waals surface area contributed by atoms with E-state index in [1.807, 2.05) is 12.1 Å². The van der Waals surface area contributed by atoms with Gasteiger partial charge in [-0.3, -0.25) is 9.78 Å². The van der Waals surface area contributed by atoms with Crippen LogP contribution in [0.25, 0.3) is 0 Å². The van der Waals surface area contributed by atoms with Crippen LogP contribution in [0, 0.1) is 11.6 Å². The second-order valence-corrected chi connectivity index (χ2v) is 8.27. The zero-order valence-electron chi connectivity index (χ0n) is 17.3. The van der Waals surface area contributed by atoms with E-state index in [1.54, 1.807) is 6.20 Å². The molecule has 0 radical (unpaired) electrons. The van der Waals surface area contributed by atoms with Crippen molar-refractivity contribution in [3.63, 3.8) is 0 Å². The van der Waals surface area contributed by atoms with Crippen molar-refractivity contribution in [2.45, 2.75) is 58.2 Å². The van der Waals surface area contributed by atoms with Gasteiger partial charge in [-0.25, -0.2) is 8.78 Å². The van der Waals surface area contributed by atoms with E-state index in [0.717, 1.165) is 17.3 Å². The normalized spacial score (nSPS) is 13.8. The zero-order chi connectivity index (χ0) is 21.6. The molecule has 2 atom stereocenters. The molecule has 0 aliphatic carbocycles. The number of nitrogens with zero attached hydrogens (tertiary/aromatic N) is 1. The Labute approximate surface area is 170 Å². The van der Waals surface area contributed by atoms with Crippen LogP contribution in [0.15, 0.2) is 36.5 Å². The van der Waals surface area contributed by atoms with E-state index in [1.165, 1.54) is 19.1 Å². The van der Waals surface area contributed by atoms with Gasteiger partial charge in [0.05, 0.1) is 17.8 Å². The van der Waals surface area contributed by atoms with Crippen LogP contribution in [0.4, 0.5) is 8.78 Å². The summed E-state index contributed by atoms with van der Waals surface area (Å²) in [5.41, 5.74) is 2.37. The Kier molecular flexibility index (Phi) is 7.81. The number of aliphatic hydroxyl groups excluding tert-OH is 1. The lowest BCUT2D eigenvalue weighted by Crippen LogP contribution is -2.48. The fourth-order valence-electron chi connectivity index (χ4n) is 3.06. The maximum absolute atomic E-state index is 13.4. The third-order valence-corrected chi connectivity index (χ3v) is 4.57. The zero-order valence-corrected chi connectivity index (χ0v) is 17.3. The lowest BCUT2D eigenvalue weighted by Gasteiger charge is -2.24. The number of nitrogens with one attached hydrogen (secondary N) is 2. The summed E-state index contributed by atoms with van der Waals surface area (Å²) < 4.78 is 26.9. The summed E-state index contributed by atoms with van der Waals surface area (Å²) in [7, 11) is 0. The van der Waals surface area contributed by atoms with E-state index in [2.05, 4.69) is 36.4 Å². The van der Waals surface area contributed by atoms with Crippen LogP contribution >= 0.6 is 0 Å². The summed E-state index contributed by atoms with van der Waals surface area (Å²) in [5, 5.41) is 16.3. The van der Waals surface area contributed by atoms with Crippen molar-refractivity contribution in [1.82, 2.24) is 15.6 Å². The Morgan fingerprint density at radius 2 is 1.83 bits per heavy atom. The van der Waals surface area contributed by atoms with E-state index < -0.39 is 23.8 Å². The molecule has 158 valence electrons. The average molecular weight is 405 g/mol. The Morgan fingerprint density at radius 3 is 2.41 bits per heavy atom. The molecule has 1 amide bonds. The second kappa shape index (κ2) is 9.89. The fraction of sp³-hybridized carbons (Fsp3) is 0.455. The number of hydrogen-bond donors (Lipinski definition) is 3. The molecule has 29 heavy (non-hydrogen) atoms. The van der Waals surface area contributed by atoms with Gasteiger partial charge in [-0.2, -0.15) is 0 Å². The monoisotopic (exact) mass is 405 g/mol. The van der Waals surface area contributed by atoms with Crippen LogP contribution in [0.2, 0.25) is 0 Å². The summed E-state index contributed by atoms with van der Waals surface area (Å²) in [4.78, 5) is 15.8. The third kappa shape index (κ3) is 7.51. The number of aromatic nitrogens is 1. The predicted molar refractivity (Wildman–Crippen MR) is 108 cm³/mol. The number of halogens is 2. The number of benzene rings is 1. The first kappa shape index (κ1) is 22.9. The molecule has 2 aromatic rings. The molecule has 0 saturated heterocycles. The largest absolute Gasteiger partial charge is 0.390 e. The van der Waals surface area contributed by atoms with E-state index in [-0.39, 0.29) is 24.3 Å². The fourth-order valence-corrected chi connectivity index (χ4v) is 3.06. The van der Waals surface area contributed by atoms with E-state index in [4.69, 9.17) is 0 Å². The molecule has 0 aliphatic rings. The van der Waals surface area contributed by atoms with Gasteiger partial charge in [0.1, 0.15) is 11.6 Å². The molecule has 7 heteroatoms. The number of amides is 1. The molecule has 2 rings (SSSR count). The van der Waals surface area contributed by atoms with Crippen LogP contribution in [-0.2, 0) is 23.2 Å². The quantitative estimate of drug-likeness (QED) is 0.631. The van der Waals surface area contributed by atoms with Gasteiger partial charge in [0.25, 0.3) is 0 Å². The van der Waals surface area contributed by atoms with Crippen molar-refractivity contribution in [3.8, 4) is 0 Å². The van der Waals surface area contributed by atoms with Crippen LogP contribution in [0.3, 0.4) is 0 Å². The molecule has 3 N–H and O–H groups in total. The highest BCUT2D eigenvalue weighted by Gasteiger charge is 2.21. The molecule has 5 nitrogen and oxygen atoms in total. The smallest absolute Gasteiger partial charge is 0.217 e. The first-order chi connectivity index (χ1) is 13.5. The molecular weight excluding hydrogens is 376 g/mol. The number of pyridine rings is 1. The van der Waals surface area contributed by atoms with Crippen LogP contribution in [0.5, 0.6) is 0 Å². The molecule has 1 unspecified atom stereocenters. The summed E-state index contributed by atoms with van der Waals surface area (Å²) in [6.45, 7) is 8.33. The lowest BCUT2D eigenvalue weighted by molar-refractivity contribution is -0.120. The minimum absolute atomic E-state index is 0.00788. The molecule has 0 aliphatic heterocycles. The van der Waals surface area contributed by atoms with Crippen molar-refractivity contribution < 1.29 is 18.7 Å². The third-order valence-electron chi connectivity index (χ3n) is 4.57. The van der Waals surface area contributed by atoms with Gasteiger partial charge in [-0.05, 0) is 47.2 Å². The minimum Gasteiger partial charge on any atom is -0.390 e. The number of hydrogen-bond acceptors (Lipinski definition) is 4. The summed E-state index contributed by atoms with van der Waals surface area (Å²) in [5.74, 6) is -1.72. The molecule has 0 fully saturated rings. The number of aliphatic hydroxyl groups is 1. The van der Waals surface area contributed by atoms with Crippen molar-refractivity contribution in [2.75, 3.05) is 6.54 Å². The highest BCUT2D eigenvalue weighted by Crippen LogP contribution is 2.21. The molecule has 1 aromatic carbocycles. The van der Waals surface area contributed by atoms with Gasteiger partial charge in [-0.15, -0.1) is 0 Å². The Morgan fingerprint density at radius 1 is 1.17 bits per heavy atom. The van der Waals surface area contributed by atoms with Gasteiger partial charge >= 0.3 is 0 Å². The topological polar surface area (TPSA) is 74.2 Å². The predicted octanol–water partition coefficient (Wildman–Crippen LogP) is 2.86. The van der Waals surface area contributed by atoms with Crippen molar-refractivity contribution >= 4 is 5.91 Å². The van der Waals surface area contributed by atoms with E-state index >= 15 is 0 Å². The van der Waals surface area contributed by atoms with Crippen molar-refractivity contribution in [1.29, 1.82) is 0 Å². The molecule has 1 heterocycles. The molecule has 0 saturated carbocycles. The number of rotatable bonds is 8. The van der Waals surface area contributed by atoms with Crippen LogP contribution < -0.4 is 10.6 Å². The summed E-state index contributed by atoms with van der Waals surface area (Å²) in [6.07, 6.45) is 0.914. The summed E-state index contributed by atoms with van der Waals surface area (Å²) >= 11 is 0. The van der Waals surface area contributed by atoms with Gasteiger partial charge in [0, 0.05) is 32.3 Å². The number of carbonyl (C=O) groups is 1. The number of carbonyl (C=O) groups excluding carboxylic acids is 1. The van der Waals surface area contributed by atoms with Gasteiger partial charge in [0.15, 0.2) is 0 Å². The molecule has 0 bridgehead atoms. The van der Waals surface area contributed by atoms with Crippen molar-refractivity contribution in [2.24, 2.45) is 0 Å². The molecule has 0 spiro atoms. The van der Waals surface area contributed by atoms with Gasteiger partial charge in [0.2, 0.25) is 5.91 Å². The second-order valence-electron chi connectivity index (χ2n) is 8.27. The Balaban J connectivity index is 1.99. The summed E-state index contributed by atoms with van der Waals surface area (Å²) in [6, 6.07) is 6.48. The van der Waals surface area contributed by atoms with Crippen molar-refractivity contribution in [3.05, 3.63) is 65.0 Å². The van der Waals surface area contributed by atoms with Crippen LogP contribution in [0.1, 0.15) is 44.5 Å². The van der Waals surface area contributed by atoms with E-state index in [9.17, 15) is 18.7 Å². The van der Waals surface area contributed by atoms with Gasteiger partial charge < -0.3 is 15.7 Å².